The predicted octanol–water partition coefficient (Wildman–Crippen LogP) is 3.93. The fraction of sp³-hybridized carbons (Fsp3) is 0.944. The van der Waals surface area contributed by atoms with Crippen molar-refractivity contribution >= 4 is 5.91 Å². The smallest absolute Gasteiger partial charge is 0.241 e. The van der Waals surface area contributed by atoms with Crippen LogP contribution in [0.1, 0.15) is 79.1 Å². The molecule has 21 heavy (non-hydrogen) atoms. The van der Waals surface area contributed by atoms with Gasteiger partial charge < -0.3 is 4.90 Å². The molecule has 1 aliphatic heterocycles. The summed E-state index contributed by atoms with van der Waals surface area (Å²) in [6, 6.07) is 0.545. The molecular formula is C18H34N2O. The van der Waals surface area contributed by atoms with E-state index in [2.05, 4.69) is 37.9 Å². The van der Waals surface area contributed by atoms with E-state index in [1.165, 1.54) is 38.5 Å². The molecule has 3 nitrogen and oxygen atoms in total. The van der Waals surface area contributed by atoms with Crippen molar-refractivity contribution in [3.8, 4) is 0 Å². The van der Waals surface area contributed by atoms with Gasteiger partial charge in [0.15, 0.2) is 0 Å². The summed E-state index contributed by atoms with van der Waals surface area (Å²) in [7, 11) is 0. The Morgan fingerprint density at radius 2 is 1.71 bits per heavy atom. The minimum Gasteiger partial charge on any atom is -0.323 e. The van der Waals surface area contributed by atoms with E-state index in [0.29, 0.717) is 17.9 Å². The van der Waals surface area contributed by atoms with E-state index in [4.69, 9.17) is 0 Å². The van der Waals surface area contributed by atoms with Crippen LogP contribution in [0.2, 0.25) is 0 Å². The Balaban J connectivity index is 2.01. The van der Waals surface area contributed by atoms with Crippen LogP contribution in [0.4, 0.5) is 0 Å². The van der Waals surface area contributed by atoms with Crippen LogP contribution >= 0.6 is 0 Å². The van der Waals surface area contributed by atoms with Crippen LogP contribution in [0.15, 0.2) is 0 Å². The molecule has 3 heteroatoms. The Bertz CT molecular complexity index is 334. The lowest BCUT2D eigenvalue weighted by Gasteiger charge is -2.39. The van der Waals surface area contributed by atoms with E-state index in [0.717, 1.165) is 18.8 Å². The summed E-state index contributed by atoms with van der Waals surface area (Å²) in [6.45, 7) is 8.91. The van der Waals surface area contributed by atoms with Gasteiger partial charge in [-0.05, 0) is 43.9 Å². The molecule has 0 aromatic heterocycles. The highest BCUT2D eigenvalue weighted by molar-refractivity contribution is 5.84. The Morgan fingerprint density at radius 1 is 1.10 bits per heavy atom. The van der Waals surface area contributed by atoms with E-state index >= 15 is 0 Å². The van der Waals surface area contributed by atoms with Gasteiger partial charge in [0.05, 0.1) is 12.2 Å². The van der Waals surface area contributed by atoms with Crippen molar-refractivity contribution in [1.82, 2.24) is 10.2 Å². The number of amides is 1. The van der Waals surface area contributed by atoms with E-state index in [9.17, 15) is 4.79 Å². The quantitative estimate of drug-likeness (QED) is 0.805. The lowest BCUT2D eigenvalue weighted by atomic mass is 9.82. The largest absolute Gasteiger partial charge is 0.323 e. The van der Waals surface area contributed by atoms with Crippen LogP contribution in [-0.4, -0.2) is 29.1 Å². The zero-order chi connectivity index (χ0) is 15.4. The second-order valence-electron chi connectivity index (χ2n) is 7.41. The maximum absolute atomic E-state index is 12.8. The van der Waals surface area contributed by atoms with Crippen molar-refractivity contribution in [2.75, 3.05) is 0 Å². The number of carbonyl (C=O) groups is 1. The van der Waals surface area contributed by atoms with Crippen LogP contribution in [0.5, 0.6) is 0 Å². The molecule has 122 valence electrons. The van der Waals surface area contributed by atoms with Gasteiger partial charge in [-0.3, -0.25) is 10.1 Å². The highest BCUT2D eigenvalue weighted by Crippen LogP contribution is 2.34. The zero-order valence-electron chi connectivity index (χ0n) is 14.4. The summed E-state index contributed by atoms with van der Waals surface area (Å²) in [5.74, 6) is 1.76. The predicted molar refractivity (Wildman–Crippen MR) is 88.0 cm³/mol. The number of hydrogen-bond donors (Lipinski definition) is 1. The third kappa shape index (κ3) is 3.80. The molecule has 1 saturated carbocycles. The fourth-order valence-corrected chi connectivity index (χ4v) is 4.21. The normalized spacial score (nSPS) is 34.0. The number of hydrogen-bond acceptors (Lipinski definition) is 2. The molecule has 0 spiro atoms. The van der Waals surface area contributed by atoms with Gasteiger partial charge in [-0.2, -0.15) is 0 Å². The fourth-order valence-electron chi connectivity index (χ4n) is 4.21. The highest BCUT2D eigenvalue weighted by Gasteiger charge is 2.43. The molecule has 0 radical (unpaired) electrons. The molecular weight excluding hydrogens is 260 g/mol. The summed E-state index contributed by atoms with van der Waals surface area (Å²) >= 11 is 0. The van der Waals surface area contributed by atoms with E-state index < -0.39 is 0 Å². The summed E-state index contributed by atoms with van der Waals surface area (Å²) in [5, 5.41) is 3.60. The van der Waals surface area contributed by atoms with Gasteiger partial charge in [-0.25, -0.2) is 0 Å². The first-order valence-electron chi connectivity index (χ1n) is 9.16. The van der Waals surface area contributed by atoms with Gasteiger partial charge in [-0.15, -0.1) is 0 Å². The van der Waals surface area contributed by atoms with Crippen LogP contribution in [0, 0.1) is 11.8 Å². The lowest BCUT2D eigenvalue weighted by Crippen LogP contribution is -2.48. The summed E-state index contributed by atoms with van der Waals surface area (Å²) < 4.78 is 0. The maximum atomic E-state index is 12.8. The summed E-state index contributed by atoms with van der Waals surface area (Å²) in [5.41, 5.74) is 0. The van der Waals surface area contributed by atoms with Crippen molar-refractivity contribution < 1.29 is 4.79 Å². The summed E-state index contributed by atoms with van der Waals surface area (Å²) in [6.07, 6.45) is 10.0. The third-order valence-electron chi connectivity index (χ3n) is 5.34. The monoisotopic (exact) mass is 294 g/mol. The molecule has 2 rings (SSSR count). The first kappa shape index (κ1) is 16.8. The van der Waals surface area contributed by atoms with Gasteiger partial charge >= 0.3 is 0 Å². The molecule has 1 heterocycles. The highest BCUT2D eigenvalue weighted by atomic mass is 16.2. The van der Waals surface area contributed by atoms with Crippen LogP contribution in [0.3, 0.4) is 0 Å². The number of nitrogens with zero attached hydrogens (tertiary/aromatic N) is 1. The van der Waals surface area contributed by atoms with Crippen molar-refractivity contribution in [3.05, 3.63) is 0 Å². The van der Waals surface area contributed by atoms with Crippen LogP contribution in [0.25, 0.3) is 0 Å². The second kappa shape index (κ2) is 7.62. The number of rotatable bonds is 6. The molecule has 1 amide bonds. The van der Waals surface area contributed by atoms with Gasteiger partial charge in [0.2, 0.25) is 5.91 Å². The maximum Gasteiger partial charge on any atom is 0.241 e. The molecule has 0 aromatic rings. The zero-order valence-corrected chi connectivity index (χ0v) is 14.4. The summed E-state index contributed by atoms with van der Waals surface area (Å²) in [4.78, 5) is 15.0. The SMILES string of the molecule is CCCC1CCC(N2C(=O)C(CCC)NC2C(C)C)CC1. The molecule has 1 aliphatic carbocycles. The number of nitrogens with one attached hydrogen (secondary N) is 1. The first-order valence-corrected chi connectivity index (χ1v) is 9.16. The molecule has 1 saturated heterocycles. The van der Waals surface area contributed by atoms with Crippen LogP contribution in [-0.2, 0) is 4.79 Å². The average molecular weight is 294 g/mol. The molecule has 2 fully saturated rings. The lowest BCUT2D eigenvalue weighted by molar-refractivity contribution is -0.134. The van der Waals surface area contributed by atoms with E-state index in [1.54, 1.807) is 0 Å². The van der Waals surface area contributed by atoms with Gasteiger partial charge in [0, 0.05) is 6.04 Å². The second-order valence-corrected chi connectivity index (χ2v) is 7.41. The Morgan fingerprint density at radius 3 is 2.24 bits per heavy atom. The first-order chi connectivity index (χ1) is 10.1. The van der Waals surface area contributed by atoms with E-state index in [-0.39, 0.29) is 12.2 Å². The molecule has 2 aliphatic rings. The van der Waals surface area contributed by atoms with Crippen molar-refractivity contribution in [2.24, 2.45) is 11.8 Å². The molecule has 2 unspecified atom stereocenters. The van der Waals surface area contributed by atoms with Crippen molar-refractivity contribution in [3.63, 3.8) is 0 Å². The van der Waals surface area contributed by atoms with Crippen molar-refractivity contribution in [2.45, 2.75) is 97.3 Å². The number of carbonyl (C=O) groups excluding carboxylic acids is 1. The van der Waals surface area contributed by atoms with Gasteiger partial charge in [-0.1, -0.05) is 47.0 Å². The molecule has 1 N–H and O–H groups in total. The molecule has 2 atom stereocenters. The molecule has 0 bridgehead atoms. The molecule has 0 aromatic carbocycles. The van der Waals surface area contributed by atoms with Gasteiger partial charge in [0.1, 0.15) is 0 Å². The Labute approximate surface area is 130 Å². The average Bonchev–Trinajstić information content (AvgIpc) is 2.78. The van der Waals surface area contributed by atoms with Crippen molar-refractivity contribution in [1.29, 1.82) is 0 Å². The van der Waals surface area contributed by atoms with Crippen LogP contribution < -0.4 is 5.32 Å². The standard InChI is InChI=1S/C18H34N2O/c1-5-7-14-9-11-15(12-10-14)20-17(13(3)4)19-16(8-6-2)18(20)21/h13-17,19H,5-12H2,1-4H3. The Hall–Kier alpha value is -0.570. The topological polar surface area (TPSA) is 32.3 Å². The minimum atomic E-state index is 0.0655. The Kier molecular flexibility index (Phi) is 6.09. The van der Waals surface area contributed by atoms with E-state index in [1.807, 2.05) is 0 Å². The minimum absolute atomic E-state index is 0.0655. The van der Waals surface area contributed by atoms with Gasteiger partial charge in [0.25, 0.3) is 0 Å². The third-order valence-corrected chi connectivity index (χ3v) is 5.34.